The number of aryl methyl sites for hydroxylation is 1. The van der Waals surface area contributed by atoms with Gasteiger partial charge in [0.05, 0.1) is 0 Å². The second-order valence-corrected chi connectivity index (χ2v) is 8.02. The SMILES string of the molecule is CC(C)c1nnc(NC(=O)c2ccc(CNC(=O)CCc3ccccc3)cc2)s1. The minimum absolute atomic E-state index is 0.00731. The fraction of sp³-hybridized carbons (Fsp3) is 0.273. The summed E-state index contributed by atoms with van der Waals surface area (Å²) in [5.41, 5.74) is 2.62. The first-order valence-corrected chi connectivity index (χ1v) is 10.4. The zero-order valence-electron chi connectivity index (χ0n) is 16.5. The summed E-state index contributed by atoms with van der Waals surface area (Å²) in [5, 5.41) is 15.1. The summed E-state index contributed by atoms with van der Waals surface area (Å²) in [4.78, 5) is 24.4. The molecular formula is C22H24N4O2S. The average Bonchev–Trinajstić information content (AvgIpc) is 3.20. The fourth-order valence-electron chi connectivity index (χ4n) is 2.65. The molecule has 0 spiro atoms. The number of aromatic nitrogens is 2. The van der Waals surface area contributed by atoms with Crippen LogP contribution in [0.3, 0.4) is 0 Å². The molecule has 7 heteroatoms. The van der Waals surface area contributed by atoms with E-state index in [1.165, 1.54) is 11.3 Å². The van der Waals surface area contributed by atoms with Crippen molar-refractivity contribution in [1.82, 2.24) is 15.5 Å². The highest BCUT2D eigenvalue weighted by atomic mass is 32.1. The van der Waals surface area contributed by atoms with Crippen molar-refractivity contribution in [2.45, 2.75) is 39.2 Å². The minimum Gasteiger partial charge on any atom is -0.352 e. The molecule has 2 amide bonds. The summed E-state index contributed by atoms with van der Waals surface area (Å²) < 4.78 is 0. The van der Waals surface area contributed by atoms with E-state index in [9.17, 15) is 9.59 Å². The highest BCUT2D eigenvalue weighted by Crippen LogP contribution is 2.22. The molecule has 2 N–H and O–H groups in total. The van der Waals surface area contributed by atoms with E-state index < -0.39 is 0 Å². The first-order chi connectivity index (χ1) is 14.0. The summed E-state index contributed by atoms with van der Waals surface area (Å²) >= 11 is 1.38. The largest absolute Gasteiger partial charge is 0.352 e. The van der Waals surface area contributed by atoms with Crippen molar-refractivity contribution >= 4 is 28.3 Å². The van der Waals surface area contributed by atoms with Crippen LogP contribution in [0.1, 0.15) is 52.7 Å². The molecule has 3 rings (SSSR count). The monoisotopic (exact) mass is 408 g/mol. The zero-order chi connectivity index (χ0) is 20.6. The summed E-state index contributed by atoms with van der Waals surface area (Å²) in [6.45, 7) is 4.50. The maximum atomic E-state index is 12.3. The van der Waals surface area contributed by atoms with Crippen molar-refractivity contribution in [1.29, 1.82) is 0 Å². The lowest BCUT2D eigenvalue weighted by atomic mass is 10.1. The zero-order valence-corrected chi connectivity index (χ0v) is 17.3. The summed E-state index contributed by atoms with van der Waals surface area (Å²) in [6.07, 6.45) is 1.17. The van der Waals surface area contributed by atoms with Gasteiger partial charge in [-0.05, 0) is 29.7 Å². The number of nitrogens with zero attached hydrogens (tertiary/aromatic N) is 2. The summed E-state index contributed by atoms with van der Waals surface area (Å²) in [6, 6.07) is 17.1. The molecule has 0 fully saturated rings. The van der Waals surface area contributed by atoms with E-state index in [2.05, 4.69) is 20.8 Å². The van der Waals surface area contributed by atoms with E-state index in [1.807, 2.05) is 56.3 Å². The molecule has 0 unspecified atom stereocenters. The lowest BCUT2D eigenvalue weighted by molar-refractivity contribution is -0.121. The molecule has 150 valence electrons. The van der Waals surface area contributed by atoms with Crippen LogP contribution in [-0.2, 0) is 17.8 Å². The van der Waals surface area contributed by atoms with Crippen LogP contribution in [0.5, 0.6) is 0 Å². The van der Waals surface area contributed by atoms with Gasteiger partial charge in [0.15, 0.2) is 0 Å². The molecule has 2 aromatic carbocycles. The van der Waals surface area contributed by atoms with Crippen LogP contribution < -0.4 is 10.6 Å². The normalized spacial score (nSPS) is 10.7. The van der Waals surface area contributed by atoms with Crippen molar-refractivity contribution in [3.05, 3.63) is 76.3 Å². The van der Waals surface area contributed by atoms with Crippen LogP contribution in [0.2, 0.25) is 0 Å². The lowest BCUT2D eigenvalue weighted by Gasteiger charge is -2.07. The molecule has 0 atom stereocenters. The molecule has 0 bridgehead atoms. The molecule has 0 aliphatic carbocycles. The third-order valence-corrected chi connectivity index (χ3v) is 5.48. The number of benzene rings is 2. The third-order valence-electron chi connectivity index (χ3n) is 4.34. The van der Waals surface area contributed by atoms with Gasteiger partial charge in [-0.1, -0.05) is 67.6 Å². The van der Waals surface area contributed by atoms with Crippen molar-refractivity contribution in [2.24, 2.45) is 0 Å². The first-order valence-electron chi connectivity index (χ1n) is 9.55. The van der Waals surface area contributed by atoms with E-state index in [1.54, 1.807) is 12.1 Å². The standard InChI is InChI=1S/C22H24N4O2S/c1-15(2)21-25-26-22(29-21)24-20(28)18-11-8-17(9-12-18)14-23-19(27)13-10-16-6-4-3-5-7-16/h3-9,11-12,15H,10,13-14H2,1-2H3,(H,23,27)(H,24,26,28). The average molecular weight is 409 g/mol. The summed E-state index contributed by atoms with van der Waals surface area (Å²) in [7, 11) is 0. The maximum Gasteiger partial charge on any atom is 0.257 e. The number of anilines is 1. The Kier molecular flexibility index (Phi) is 7.08. The number of hydrogen-bond acceptors (Lipinski definition) is 5. The van der Waals surface area contributed by atoms with Crippen LogP contribution in [0.4, 0.5) is 5.13 Å². The van der Waals surface area contributed by atoms with Gasteiger partial charge in [0.2, 0.25) is 11.0 Å². The predicted octanol–water partition coefficient (Wildman–Crippen LogP) is 4.16. The van der Waals surface area contributed by atoms with Crippen molar-refractivity contribution in [3.63, 3.8) is 0 Å². The Morgan fingerprint density at radius 1 is 0.966 bits per heavy atom. The number of rotatable bonds is 8. The van der Waals surface area contributed by atoms with Gasteiger partial charge in [-0.25, -0.2) is 0 Å². The van der Waals surface area contributed by atoms with E-state index in [4.69, 9.17) is 0 Å². The molecule has 1 aromatic heterocycles. The Labute approximate surface area is 174 Å². The Bertz CT molecular complexity index is 952. The van der Waals surface area contributed by atoms with Crippen LogP contribution >= 0.6 is 11.3 Å². The smallest absolute Gasteiger partial charge is 0.257 e. The molecule has 6 nitrogen and oxygen atoms in total. The van der Waals surface area contributed by atoms with Crippen LogP contribution in [0, 0.1) is 0 Å². The van der Waals surface area contributed by atoms with Gasteiger partial charge in [0.1, 0.15) is 5.01 Å². The molecule has 1 heterocycles. The van der Waals surface area contributed by atoms with E-state index in [-0.39, 0.29) is 17.7 Å². The van der Waals surface area contributed by atoms with Gasteiger partial charge in [0, 0.05) is 24.4 Å². The van der Waals surface area contributed by atoms with Crippen LogP contribution in [0.25, 0.3) is 0 Å². The number of hydrogen-bond donors (Lipinski definition) is 2. The second kappa shape index (κ2) is 9.93. The maximum absolute atomic E-state index is 12.3. The van der Waals surface area contributed by atoms with Crippen molar-refractivity contribution < 1.29 is 9.59 Å². The van der Waals surface area contributed by atoms with Gasteiger partial charge < -0.3 is 5.32 Å². The molecule has 0 saturated carbocycles. The van der Waals surface area contributed by atoms with Gasteiger partial charge in [-0.2, -0.15) is 0 Å². The summed E-state index contributed by atoms with van der Waals surface area (Å²) in [5.74, 6) is 0.0585. The van der Waals surface area contributed by atoms with E-state index in [0.29, 0.717) is 23.7 Å². The molecule has 0 saturated heterocycles. The van der Waals surface area contributed by atoms with Gasteiger partial charge in [0.25, 0.3) is 5.91 Å². The molecule has 0 radical (unpaired) electrons. The topological polar surface area (TPSA) is 84.0 Å². The third kappa shape index (κ3) is 6.22. The van der Waals surface area contributed by atoms with Gasteiger partial charge in [-0.3, -0.25) is 14.9 Å². The number of carbonyl (C=O) groups is 2. The van der Waals surface area contributed by atoms with Gasteiger partial charge >= 0.3 is 0 Å². The Hall–Kier alpha value is -3.06. The molecule has 0 aliphatic heterocycles. The molecule has 0 aliphatic rings. The van der Waals surface area contributed by atoms with Crippen molar-refractivity contribution in [2.75, 3.05) is 5.32 Å². The molecular weight excluding hydrogens is 384 g/mol. The Balaban J connectivity index is 1.46. The van der Waals surface area contributed by atoms with Gasteiger partial charge in [-0.15, -0.1) is 10.2 Å². The number of nitrogens with one attached hydrogen (secondary N) is 2. The first kappa shape index (κ1) is 20.7. The Morgan fingerprint density at radius 3 is 2.34 bits per heavy atom. The van der Waals surface area contributed by atoms with Crippen LogP contribution in [-0.4, -0.2) is 22.0 Å². The number of amides is 2. The highest BCUT2D eigenvalue weighted by Gasteiger charge is 2.12. The van der Waals surface area contributed by atoms with Crippen molar-refractivity contribution in [3.8, 4) is 0 Å². The molecule has 29 heavy (non-hydrogen) atoms. The second-order valence-electron chi connectivity index (χ2n) is 7.01. The molecule has 3 aromatic rings. The van der Waals surface area contributed by atoms with E-state index >= 15 is 0 Å². The van der Waals surface area contributed by atoms with E-state index in [0.717, 1.165) is 22.6 Å². The Morgan fingerprint density at radius 2 is 1.69 bits per heavy atom. The van der Waals surface area contributed by atoms with Crippen LogP contribution in [0.15, 0.2) is 54.6 Å². The fourth-order valence-corrected chi connectivity index (χ4v) is 3.39. The lowest BCUT2D eigenvalue weighted by Crippen LogP contribution is -2.23. The number of carbonyl (C=O) groups excluding carboxylic acids is 2. The highest BCUT2D eigenvalue weighted by molar-refractivity contribution is 7.15. The predicted molar refractivity (Wildman–Crippen MR) is 115 cm³/mol. The minimum atomic E-state index is -0.227. The quantitative estimate of drug-likeness (QED) is 0.586.